The van der Waals surface area contributed by atoms with E-state index in [1.807, 2.05) is 30.0 Å². The van der Waals surface area contributed by atoms with Crippen LogP contribution < -0.4 is 5.32 Å². The molecule has 2 aromatic rings. The summed E-state index contributed by atoms with van der Waals surface area (Å²) >= 11 is 0. The summed E-state index contributed by atoms with van der Waals surface area (Å²) < 4.78 is 0. The van der Waals surface area contributed by atoms with Crippen molar-refractivity contribution in [1.82, 2.24) is 20.2 Å². The van der Waals surface area contributed by atoms with Crippen molar-refractivity contribution in [1.29, 1.82) is 0 Å². The van der Waals surface area contributed by atoms with Crippen LogP contribution in [0, 0.1) is 0 Å². The number of H-pyrrole nitrogens is 1. The van der Waals surface area contributed by atoms with E-state index in [-0.39, 0.29) is 5.91 Å². The Morgan fingerprint density at radius 3 is 3.16 bits per heavy atom. The number of aromatic amines is 1. The Hall–Kier alpha value is -1.88. The quantitative estimate of drug-likeness (QED) is 0.874. The fourth-order valence-electron chi connectivity index (χ4n) is 2.71. The second-order valence-electron chi connectivity index (χ2n) is 4.87. The number of carbonyl (C=O) groups is 1. The fraction of sp³-hybridized carbons (Fsp3) is 0.429. The summed E-state index contributed by atoms with van der Waals surface area (Å²) in [4.78, 5) is 21.8. The second-order valence-corrected chi connectivity index (χ2v) is 4.87. The average molecular weight is 258 g/mol. The van der Waals surface area contributed by atoms with Gasteiger partial charge in [-0.3, -0.25) is 4.79 Å². The maximum absolute atomic E-state index is 12.6. The highest BCUT2D eigenvalue weighted by molar-refractivity contribution is 5.97. The monoisotopic (exact) mass is 258 g/mol. The van der Waals surface area contributed by atoms with E-state index in [0.717, 1.165) is 42.7 Å². The number of carbonyl (C=O) groups excluding carboxylic acids is 1. The summed E-state index contributed by atoms with van der Waals surface area (Å²) in [6, 6.07) is 5.95. The lowest BCUT2D eigenvalue weighted by atomic mass is 10.1. The van der Waals surface area contributed by atoms with E-state index < -0.39 is 0 Å². The number of nitrogens with zero attached hydrogens (tertiary/aromatic N) is 2. The Bertz CT molecular complexity index is 586. The molecule has 2 heterocycles. The number of fused-ring (bicyclic) bond motifs is 1. The van der Waals surface area contributed by atoms with Crippen molar-refractivity contribution < 1.29 is 4.79 Å². The predicted molar refractivity (Wildman–Crippen MR) is 74.1 cm³/mol. The van der Waals surface area contributed by atoms with Crippen molar-refractivity contribution in [2.45, 2.75) is 19.4 Å². The van der Waals surface area contributed by atoms with Crippen molar-refractivity contribution in [3.05, 3.63) is 30.1 Å². The molecular formula is C14H18N4O. The Morgan fingerprint density at radius 2 is 2.42 bits per heavy atom. The van der Waals surface area contributed by atoms with Gasteiger partial charge in [-0.05, 0) is 38.1 Å². The van der Waals surface area contributed by atoms with Crippen LogP contribution in [0.5, 0.6) is 0 Å². The molecule has 0 radical (unpaired) electrons. The highest BCUT2D eigenvalue weighted by atomic mass is 16.2. The molecule has 0 spiro atoms. The first-order valence-electron chi connectivity index (χ1n) is 6.74. The molecule has 1 saturated heterocycles. The lowest BCUT2D eigenvalue weighted by Gasteiger charge is -2.27. The molecule has 0 saturated carbocycles. The first kappa shape index (κ1) is 12.2. The van der Waals surface area contributed by atoms with Gasteiger partial charge in [-0.15, -0.1) is 0 Å². The second kappa shape index (κ2) is 5.01. The normalized spacial score (nSPS) is 18.9. The molecule has 2 N–H and O–H groups in total. The van der Waals surface area contributed by atoms with Crippen LogP contribution in [0.4, 0.5) is 0 Å². The molecule has 0 aliphatic carbocycles. The van der Waals surface area contributed by atoms with Gasteiger partial charge in [-0.2, -0.15) is 0 Å². The third-order valence-electron chi connectivity index (χ3n) is 3.74. The number of hydrogen-bond donors (Lipinski definition) is 2. The molecule has 0 bridgehead atoms. The molecule has 5 nitrogen and oxygen atoms in total. The van der Waals surface area contributed by atoms with Crippen LogP contribution in [-0.4, -0.2) is 46.5 Å². The maximum Gasteiger partial charge on any atom is 0.254 e. The lowest BCUT2D eigenvalue weighted by Crippen LogP contribution is -2.41. The molecule has 5 heteroatoms. The summed E-state index contributed by atoms with van der Waals surface area (Å²) in [5, 5.41) is 3.31. The molecule has 1 unspecified atom stereocenters. The summed E-state index contributed by atoms with van der Waals surface area (Å²) in [6.07, 6.45) is 2.68. The van der Waals surface area contributed by atoms with Gasteiger partial charge in [-0.1, -0.05) is 0 Å². The Kier molecular flexibility index (Phi) is 3.21. The molecule has 1 aromatic carbocycles. The third-order valence-corrected chi connectivity index (χ3v) is 3.74. The summed E-state index contributed by atoms with van der Waals surface area (Å²) in [7, 11) is 0. The van der Waals surface area contributed by atoms with E-state index in [0.29, 0.717) is 6.04 Å². The van der Waals surface area contributed by atoms with Gasteiger partial charge in [0.15, 0.2) is 0 Å². The standard InChI is InChI=1S/C14H18N4O/c1-2-18(11-5-6-15-8-11)14(19)10-3-4-12-13(7-10)17-9-16-12/h3-4,7,9,11,15H,2,5-6,8H2,1H3,(H,16,17). The highest BCUT2D eigenvalue weighted by Crippen LogP contribution is 2.16. The molecule has 3 rings (SSSR count). The predicted octanol–water partition coefficient (Wildman–Crippen LogP) is 1.39. The molecule has 1 amide bonds. The van der Waals surface area contributed by atoms with Crippen LogP contribution in [-0.2, 0) is 0 Å². The van der Waals surface area contributed by atoms with Crippen LogP contribution in [0.3, 0.4) is 0 Å². The minimum absolute atomic E-state index is 0.104. The van der Waals surface area contributed by atoms with Crippen LogP contribution in [0.15, 0.2) is 24.5 Å². The third kappa shape index (κ3) is 2.21. The number of likely N-dealkylation sites (N-methyl/N-ethyl adjacent to an activating group) is 1. The van der Waals surface area contributed by atoms with Crippen molar-refractivity contribution in [2.24, 2.45) is 0 Å². The summed E-state index contributed by atoms with van der Waals surface area (Å²) in [5.74, 6) is 0.104. The summed E-state index contributed by atoms with van der Waals surface area (Å²) in [5.41, 5.74) is 2.53. The van der Waals surface area contributed by atoms with E-state index in [1.165, 1.54) is 0 Å². The Labute approximate surface area is 112 Å². The Balaban J connectivity index is 1.88. The minimum atomic E-state index is 0.104. The largest absolute Gasteiger partial charge is 0.345 e. The van der Waals surface area contributed by atoms with E-state index in [1.54, 1.807) is 6.33 Å². The topological polar surface area (TPSA) is 61.0 Å². The highest BCUT2D eigenvalue weighted by Gasteiger charge is 2.26. The zero-order chi connectivity index (χ0) is 13.2. The lowest BCUT2D eigenvalue weighted by molar-refractivity contribution is 0.0704. The van der Waals surface area contributed by atoms with Crippen LogP contribution in [0.1, 0.15) is 23.7 Å². The van der Waals surface area contributed by atoms with Crippen molar-refractivity contribution in [3.8, 4) is 0 Å². The number of nitrogens with one attached hydrogen (secondary N) is 2. The van der Waals surface area contributed by atoms with Gasteiger partial charge in [0, 0.05) is 24.7 Å². The first-order valence-corrected chi connectivity index (χ1v) is 6.74. The van der Waals surface area contributed by atoms with E-state index in [4.69, 9.17) is 0 Å². The van der Waals surface area contributed by atoms with Crippen LogP contribution in [0.25, 0.3) is 11.0 Å². The number of imidazole rings is 1. The molecule has 19 heavy (non-hydrogen) atoms. The van der Waals surface area contributed by atoms with Gasteiger partial charge in [0.05, 0.1) is 17.4 Å². The van der Waals surface area contributed by atoms with Crippen LogP contribution >= 0.6 is 0 Å². The SMILES string of the molecule is CCN(C(=O)c1ccc2nc[nH]c2c1)C1CCNC1. The number of amides is 1. The van der Waals surface area contributed by atoms with E-state index in [2.05, 4.69) is 15.3 Å². The maximum atomic E-state index is 12.6. The first-order chi connectivity index (χ1) is 9.29. The summed E-state index contributed by atoms with van der Waals surface area (Å²) in [6.45, 7) is 4.66. The van der Waals surface area contributed by atoms with Gasteiger partial charge in [0.25, 0.3) is 5.91 Å². The van der Waals surface area contributed by atoms with Gasteiger partial charge >= 0.3 is 0 Å². The molecule has 1 aliphatic heterocycles. The van der Waals surface area contributed by atoms with E-state index >= 15 is 0 Å². The fourth-order valence-corrected chi connectivity index (χ4v) is 2.71. The minimum Gasteiger partial charge on any atom is -0.345 e. The van der Waals surface area contributed by atoms with Gasteiger partial charge in [-0.25, -0.2) is 4.98 Å². The van der Waals surface area contributed by atoms with Gasteiger partial charge in [0.1, 0.15) is 0 Å². The Morgan fingerprint density at radius 1 is 1.53 bits per heavy atom. The van der Waals surface area contributed by atoms with Crippen LogP contribution in [0.2, 0.25) is 0 Å². The van der Waals surface area contributed by atoms with Gasteiger partial charge in [0.2, 0.25) is 0 Å². The number of rotatable bonds is 3. The van der Waals surface area contributed by atoms with Crippen molar-refractivity contribution >= 4 is 16.9 Å². The van der Waals surface area contributed by atoms with Crippen molar-refractivity contribution in [2.75, 3.05) is 19.6 Å². The number of aromatic nitrogens is 2. The average Bonchev–Trinajstić information content (AvgIpc) is 3.09. The van der Waals surface area contributed by atoms with Gasteiger partial charge < -0.3 is 15.2 Å². The molecule has 1 aromatic heterocycles. The zero-order valence-corrected chi connectivity index (χ0v) is 11.0. The zero-order valence-electron chi connectivity index (χ0n) is 11.0. The smallest absolute Gasteiger partial charge is 0.254 e. The molecule has 1 atom stereocenters. The van der Waals surface area contributed by atoms with E-state index in [9.17, 15) is 4.79 Å². The molecule has 1 fully saturated rings. The molecule has 100 valence electrons. The number of benzene rings is 1. The number of hydrogen-bond acceptors (Lipinski definition) is 3. The van der Waals surface area contributed by atoms with Crippen molar-refractivity contribution in [3.63, 3.8) is 0 Å². The molecular weight excluding hydrogens is 240 g/mol. The molecule has 1 aliphatic rings.